The molecule has 0 aliphatic rings. The van der Waals surface area contributed by atoms with Crippen LogP contribution in [0, 0.1) is 0 Å². The van der Waals surface area contributed by atoms with Crippen LogP contribution in [0.5, 0.6) is 0 Å². The van der Waals surface area contributed by atoms with Crippen LogP contribution in [0.15, 0.2) is 18.7 Å². The lowest BCUT2D eigenvalue weighted by Gasteiger charge is -2.17. The van der Waals surface area contributed by atoms with Crippen LogP contribution >= 0.6 is 11.6 Å². The number of halogens is 1. The molecule has 0 N–H and O–H groups in total. The molecule has 19 heavy (non-hydrogen) atoms. The van der Waals surface area contributed by atoms with Gasteiger partial charge in [0, 0.05) is 24.9 Å². The third kappa shape index (κ3) is 11.2. The van der Waals surface area contributed by atoms with E-state index in [0.29, 0.717) is 0 Å². The number of aromatic nitrogens is 2. The molecule has 1 aromatic rings. The highest BCUT2D eigenvalue weighted by molar-refractivity contribution is 6.28. The molecular weight excluding hydrogens is 268 g/mol. The monoisotopic (exact) mass is 286 g/mol. The first-order valence-electron chi connectivity index (χ1n) is 5.61. The Morgan fingerprint density at radius 3 is 2.16 bits per heavy atom. The predicted molar refractivity (Wildman–Crippen MR) is 74.6 cm³/mol. The lowest BCUT2D eigenvalue weighted by Crippen LogP contribution is -2.21. The van der Waals surface area contributed by atoms with E-state index in [1.54, 1.807) is 31.8 Å². The quantitative estimate of drug-likeness (QED) is 0.475. The lowest BCUT2D eigenvalue weighted by atomic mass is 10.2. The summed E-state index contributed by atoms with van der Waals surface area (Å²) in [5.74, 6) is -0.225. The summed E-state index contributed by atoms with van der Waals surface area (Å²) in [7, 11) is 1.58. The topological polar surface area (TPSA) is 61.3 Å². The SMILES string of the molecule is CC(=O)OC(C)(C)C.CO/C=C/c1cnc(Cl)nc1. The molecule has 0 amide bonds. The molecule has 0 unspecified atom stereocenters. The molecular formula is C13H19ClN2O3. The Balaban J connectivity index is 0.000000362. The standard InChI is InChI=1S/C7H7ClN2O.C6H12O2/c1-11-3-2-6-4-9-7(8)10-5-6;1-5(7)8-6(2,3)4/h2-5H,1H3;1-4H3/b3-2+;. The highest BCUT2D eigenvalue weighted by atomic mass is 35.5. The number of hydrogen-bond donors (Lipinski definition) is 0. The van der Waals surface area contributed by atoms with E-state index in [9.17, 15) is 4.79 Å². The highest BCUT2D eigenvalue weighted by Gasteiger charge is 2.11. The molecule has 0 aliphatic heterocycles. The van der Waals surface area contributed by atoms with Gasteiger partial charge < -0.3 is 9.47 Å². The van der Waals surface area contributed by atoms with E-state index in [2.05, 4.69) is 9.97 Å². The van der Waals surface area contributed by atoms with Gasteiger partial charge >= 0.3 is 5.97 Å². The van der Waals surface area contributed by atoms with Gasteiger partial charge in [0.2, 0.25) is 5.28 Å². The fourth-order valence-electron chi connectivity index (χ4n) is 0.986. The Kier molecular flexibility index (Phi) is 7.75. The summed E-state index contributed by atoms with van der Waals surface area (Å²) >= 11 is 5.47. The number of ether oxygens (including phenoxy) is 2. The van der Waals surface area contributed by atoms with Gasteiger partial charge in [-0.25, -0.2) is 9.97 Å². The summed E-state index contributed by atoms with van der Waals surface area (Å²) < 4.78 is 9.51. The largest absolute Gasteiger partial charge is 0.504 e. The minimum absolute atomic E-state index is 0.225. The Morgan fingerprint density at radius 1 is 1.32 bits per heavy atom. The fraction of sp³-hybridized carbons (Fsp3) is 0.462. The van der Waals surface area contributed by atoms with Gasteiger partial charge in [-0.1, -0.05) is 0 Å². The maximum atomic E-state index is 10.2. The van der Waals surface area contributed by atoms with Gasteiger partial charge in [-0.3, -0.25) is 4.79 Å². The molecule has 0 fully saturated rings. The van der Waals surface area contributed by atoms with Crippen LogP contribution < -0.4 is 0 Å². The molecule has 106 valence electrons. The van der Waals surface area contributed by atoms with Crippen LogP contribution in [-0.2, 0) is 14.3 Å². The Morgan fingerprint density at radius 2 is 1.84 bits per heavy atom. The zero-order chi connectivity index (χ0) is 14.9. The van der Waals surface area contributed by atoms with Gasteiger partial charge in [0.1, 0.15) is 5.60 Å². The average Bonchev–Trinajstić information content (AvgIpc) is 2.26. The minimum atomic E-state index is -0.328. The summed E-state index contributed by atoms with van der Waals surface area (Å²) in [5.41, 5.74) is 0.530. The van der Waals surface area contributed by atoms with Crippen molar-refractivity contribution in [1.29, 1.82) is 0 Å². The number of rotatable bonds is 2. The minimum Gasteiger partial charge on any atom is -0.504 e. The van der Waals surface area contributed by atoms with E-state index in [0.717, 1.165) is 5.56 Å². The van der Waals surface area contributed by atoms with E-state index in [4.69, 9.17) is 21.1 Å². The summed E-state index contributed by atoms with van der Waals surface area (Å²) in [6, 6.07) is 0. The van der Waals surface area contributed by atoms with Crippen molar-refractivity contribution in [2.75, 3.05) is 7.11 Å². The zero-order valence-corrected chi connectivity index (χ0v) is 12.6. The molecule has 0 saturated heterocycles. The third-order valence-electron chi connectivity index (χ3n) is 1.49. The van der Waals surface area contributed by atoms with Crippen molar-refractivity contribution in [1.82, 2.24) is 9.97 Å². The van der Waals surface area contributed by atoms with Crippen LogP contribution in [-0.4, -0.2) is 28.6 Å². The Hall–Kier alpha value is -1.62. The van der Waals surface area contributed by atoms with Crippen LogP contribution in [0.1, 0.15) is 33.3 Å². The van der Waals surface area contributed by atoms with Crippen molar-refractivity contribution >= 4 is 23.6 Å². The van der Waals surface area contributed by atoms with Crippen molar-refractivity contribution in [2.24, 2.45) is 0 Å². The van der Waals surface area contributed by atoms with Crippen LogP contribution in [0.4, 0.5) is 0 Å². The molecule has 0 saturated carbocycles. The van der Waals surface area contributed by atoms with Gasteiger partial charge in [0.05, 0.1) is 13.4 Å². The van der Waals surface area contributed by atoms with Gasteiger partial charge in [-0.2, -0.15) is 0 Å². The van der Waals surface area contributed by atoms with E-state index in [-0.39, 0.29) is 16.9 Å². The smallest absolute Gasteiger partial charge is 0.303 e. The first kappa shape index (κ1) is 17.4. The summed E-state index contributed by atoms with van der Waals surface area (Å²) in [4.78, 5) is 17.8. The van der Waals surface area contributed by atoms with E-state index >= 15 is 0 Å². The summed E-state index contributed by atoms with van der Waals surface area (Å²) in [5, 5.41) is 0.250. The van der Waals surface area contributed by atoms with Gasteiger partial charge in [-0.05, 0) is 38.4 Å². The number of hydrogen-bond acceptors (Lipinski definition) is 5. The molecule has 0 atom stereocenters. The second kappa shape index (κ2) is 8.48. The number of methoxy groups -OCH3 is 1. The predicted octanol–water partition coefficient (Wildman–Crippen LogP) is 3.10. The fourth-order valence-corrected chi connectivity index (χ4v) is 1.08. The van der Waals surface area contributed by atoms with Crippen molar-refractivity contribution < 1.29 is 14.3 Å². The van der Waals surface area contributed by atoms with E-state index < -0.39 is 0 Å². The van der Waals surface area contributed by atoms with Crippen LogP contribution in [0.25, 0.3) is 6.08 Å². The lowest BCUT2D eigenvalue weighted by molar-refractivity contribution is -0.151. The highest BCUT2D eigenvalue weighted by Crippen LogP contribution is 2.05. The first-order chi connectivity index (χ1) is 8.74. The van der Waals surface area contributed by atoms with Crippen molar-refractivity contribution in [2.45, 2.75) is 33.3 Å². The molecule has 0 spiro atoms. The van der Waals surface area contributed by atoms with Crippen molar-refractivity contribution in [3.8, 4) is 0 Å². The second-order valence-corrected chi connectivity index (χ2v) is 4.87. The number of nitrogens with zero attached hydrogens (tertiary/aromatic N) is 2. The number of carbonyl (C=O) groups is 1. The number of carbonyl (C=O) groups excluding carboxylic acids is 1. The first-order valence-corrected chi connectivity index (χ1v) is 5.99. The van der Waals surface area contributed by atoms with Gasteiger partial charge in [-0.15, -0.1) is 0 Å². The molecule has 0 radical (unpaired) electrons. The molecule has 0 aliphatic carbocycles. The molecule has 6 heteroatoms. The van der Waals surface area contributed by atoms with Crippen molar-refractivity contribution in [3.05, 3.63) is 29.5 Å². The number of esters is 1. The second-order valence-electron chi connectivity index (χ2n) is 4.53. The molecule has 0 bridgehead atoms. The Bertz CT molecular complexity index is 411. The van der Waals surface area contributed by atoms with Crippen molar-refractivity contribution in [3.63, 3.8) is 0 Å². The summed E-state index contributed by atoms with van der Waals surface area (Å²) in [6.45, 7) is 6.93. The van der Waals surface area contributed by atoms with Gasteiger partial charge in [0.25, 0.3) is 0 Å². The molecule has 1 rings (SSSR count). The summed E-state index contributed by atoms with van der Waals surface area (Å²) in [6.07, 6.45) is 6.53. The van der Waals surface area contributed by atoms with Crippen LogP contribution in [0.2, 0.25) is 5.28 Å². The maximum absolute atomic E-state index is 10.2. The third-order valence-corrected chi connectivity index (χ3v) is 1.68. The Labute approximate surface area is 118 Å². The maximum Gasteiger partial charge on any atom is 0.303 e. The average molecular weight is 287 g/mol. The van der Waals surface area contributed by atoms with E-state index in [1.165, 1.54) is 6.92 Å². The molecule has 1 heterocycles. The van der Waals surface area contributed by atoms with E-state index in [1.807, 2.05) is 20.8 Å². The van der Waals surface area contributed by atoms with Gasteiger partial charge in [0.15, 0.2) is 0 Å². The van der Waals surface area contributed by atoms with Crippen LogP contribution in [0.3, 0.4) is 0 Å². The zero-order valence-electron chi connectivity index (χ0n) is 11.8. The normalized spacial score (nSPS) is 10.6. The molecule has 0 aromatic carbocycles. The molecule has 5 nitrogen and oxygen atoms in total. The molecule has 1 aromatic heterocycles.